The average molecular weight is 494 g/mol. The first-order valence-corrected chi connectivity index (χ1v) is 13.1. The number of unbranched alkanes of at least 4 members (excludes halogenated alkanes) is 6. The predicted octanol–water partition coefficient (Wildman–Crippen LogP) is 2.99. The van der Waals surface area contributed by atoms with E-state index in [1.54, 1.807) is 0 Å². The van der Waals surface area contributed by atoms with E-state index in [4.69, 9.17) is 33.2 Å². The van der Waals surface area contributed by atoms with Crippen LogP contribution in [-0.2, 0) is 38.0 Å². The molecule has 204 valence electrons. The Morgan fingerprint density at radius 3 is 1.35 bits per heavy atom. The summed E-state index contributed by atoms with van der Waals surface area (Å²) in [6.07, 6.45) is 8.86. The van der Waals surface area contributed by atoms with Gasteiger partial charge in [-0.15, -0.1) is 0 Å². The van der Waals surface area contributed by atoms with Gasteiger partial charge in [0.05, 0.1) is 79.3 Å². The van der Waals surface area contributed by atoms with Gasteiger partial charge in [0.2, 0.25) is 0 Å². The lowest BCUT2D eigenvalue weighted by Gasteiger charge is -2.08. The lowest BCUT2D eigenvalue weighted by Crippen LogP contribution is -2.17. The fraction of sp³-hybridized carbons (Fsp3) is 0.960. The van der Waals surface area contributed by atoms with E-state index >= 15 is 0 Å². The van der Waals surface area contributed by atoms with Crippen LogP contribution in [0.5, 0.6) is 0 Å². The first kappa shape index (κ1) is 33.2. The molecule has 0 amide bonds. The molecule has 34 heavy (non-hydrogen) atoms. The molecule has 0 unspecified atom stereocenters. The van der Waals surface area contributed by atoms with Gasteiger partial charge in [0.25, 0.3) is 0 Å². The molecular weight excluding hydrogens is 442 g/mol. The van der Waals surface area contributed by atoms with Crippen molar-refractivity contribution in [1.82, 2.24) is 5.32 Å². The van der Waals surface area contributed by atoms with Gasteiger partial charge in [-0.2, -0.15) is 0 Å². The van der Waals surface area contributed by atoms with Crippen LogP contribution in [0, 0.1) is 0 Å². The van der Waals surface area contributed by atoms with Gasteiger partial charge in [0, 0.05) is 13.0 Å². The van der Waals surface area contributed by atoms with Crippen molar-refractivity contribution in [2.45, 2.75) is 58.3 Å². The number of carbonyl (C=O) groups is 1. The van der Waals surface area contributed by atoms with Crippen molar-refractivity contribution in [2.24, 2.45) is 0 Å². The Hall–Kier alpha value is -0.810. The van der Waals surface area contributed by atoms with Crippen molar-refractivity contribution >= 4 is 5.97 Å². The van der Waals surface area contributed by atoms with E-state index in [9.17, 15) is 4.79 Å². The molecular formula is C25H51NO8. The van der Waals surface area contributed by atoms with Crippen LogP contribution >= 0.6 is 0 Å². The van der Waals surface area contributed by atoms with Crippen LogP contribution < -0.4 is 5.32 Å². The average Bonchev–Trinajstić information content (AvgIpc) is 2.84. The smallest absolute Gasteiger partial charge is 0.305 e. The third kappa shape index (κ3) is 29.2. The number of esters is 1. The minimum absolute atomic E-state index is 0.132. The summed E-state index contributed by atoms with van der Waals surface area (Å²) < 4.78 is 37.6. The molecule has 0 heterocycles. The predicted molar refractivity (Wildman–Crippen MR) is 132 cm³/mol. The zero-order chi connectivity index (χ0) is 24.8. The van der Waals surface area contributed by atoms with Crippen LogP contribution in [0.15, 0.2) is 0 Å². The SMILES string of the molecule is CCCCCCCCCC(=O)OCCOCCOCCOCCOCCOCCOCCNC. The van der Waals surface area contributed by atoms with Crippen molar-refractivity contribution in [2.75, 3.05) is 99.5 Å². The van der Waals surface area contributed by atoms with Crippen LogP contribution in [0.4, 0.5) is 0 Å². The quantitative estimate of drug-likeness (QED) is 0.125. The second-order valence-corrected chi connectivity index (χ2v) is 7.87. The highest BCUT2D eigenvalue weighted by molar-refractivity contribution is 5.69. The number of carbonyl (C=O) groups excluding carboxylic acids is 1. The lowest BCUT2D eigenvalue weighted by molar-refractivity contribution is -0.145. The normalized spacial score (nSPS) is 11.2. The standard InChI is InChI=1S/C25H51NO8/c1-3-4-5-6-7-8-9-10-25(27)34-24-23-33-22-21-32-20-19-31-18-17-30-16-15-29-14-13-28-12-11-26-2/h26H,3-24H2,1-2H3. The topological polar surface area (TPSA) is 93.7 Å². The maximum Gasteiger partial charge on any atom is 0.305 e. The first-order chi connectivity index (χ1) is 16.8. The summed E-state index contributed by atoms with van der Waals surface area (Å²) in [6.45, 7) is 9.76. The number of nitrogens with one attached hydrogen (secondary N) is 1. The van der Waals surface area contributed by atoms with Crippen LogP contribution in [-0.4, -0.2) is 105 Å². The highest BCUT2D eigenvalue weighted by Crippen LogP contribution is 2.08. The molecule has 9 heteroatoms. The Morgan fingerprint density at radius 2 is 0.912 bits per heavy atom. The van der Waals surface area contributed by atoms with Crippen LogP contribution in [0.2, 0.25) is 0 Å². The van der Waals surface area contributed by atoms with Gasteiger partial charge < -0.3 is 38.5 Å². The van der Waals surface area contributed by atoms with Gasteiger partial charge in [0.15, 0.2) is 0 Å². The molecule has 0 aromatic carbocycles. The van der Waals surface area contributed by atoms with Gasteiger partial charge in [-0.3, -0.25) is 4.79 Å². The minimum atomic E-state index is -0.132. The zero-order valence-corrected chi connectivity index (χ0v) is 21.8. The van der Waals surface area contributed by atoms with Gasteiger partial charge >= 0.3 is 5.97 Å². The molecule has 1 N–H and O–H groups in total. The summed E-state index contributed by atoms with van der Waals surface area (Å²) in [7, 11) is 1.90. The molecule has 0 radical (unpaired) electrons. The largest absolute Gasteiger partial charge is 0.463 e. The molecule has 0 atom stereocenters. The first-order valence-electron chi connectivity index (χ1n) is 13.1. The maximum absolute atomic E-state index is 11.6. The van der Waals surface area contributed by atoms with Crippen LogP contribution in [0.25, 0.3) is 0 Å². The summed E-state index contributed by atoms with van der Waals surface area (Å²) >= 11 is 0. The van der Waals surface area contributed by atoms with Gasteiger partial charge in [-0.05, 0) is 13.5 Å². The molecule has 0 spiro atoms. The fourth-order valence-corrected chi connectivity index (χ4v) is 2.89. The number of hydrogen-bond donors (Lipinski definition) is 1. The minimum Gasteiger partial charge on any atom is -0.463 e. The summed E-state index contributed by atoms with van der Waals surface area (Å²) in [5.74, 6) is -0.132. The molecule has 0 aliphatic carbocycles. The number of likely N-dealkylation sites (N-methyl/N-ethyl adjacent to an activating group) is 1. The van der Waals surface area contributed by atoms with Crippen molar-refractivity contribution < 1.29 is 38.0 Å². The molecule has 0 saturated heterocycles. The third-order valence-electron chi connectivity index (χ3n) is 4.83. The molecule has 0 aliphatic heterocycles. The second-order valence-electron chi connectivity index (χ2n) is 7.87. The van der Waals surface area contributed by atoms with E-state index in [0.717, 1.165) is 19.4 Å². The number of ether oxygens (including phenoxy) is 7. The maximum atomic E-state index is 11.6. The third-order valence-corrected chi connectivity index (χ3v) is 4.83. The lowest BCUT2D eigenvalue weighted by atomic mass is 10.1. The van der Waals surface area contributed by atoms with Crippen LogP contribution in [0.1, 0.15) is 58.3 Å². The fourth-order valence-electron chi connectivity index (χ4n) is 2.89. The Kier molecular flexibility index (Phi) is 29.5. The van der Waals surface area contributed by atoms with E-state index in [1.165, 1.54) is 32.1 Å². The Bertz CT molecular complexity index is 401. The van der Waals surface area contributed by atoms with Crippen molar-refractivity contribution in [3.8, 4) is 0 Å². The van der Waals surface area contributed by atoms with Gasteiger partial charge in [0.1, 0.15) is 6.61 Å². The molecule has 0 aliphatic rings. The summed E-state index contributed by atoms with van der Waals surface area (Å²) in [6, 6.07) is 0. The van der Waals surface area contributed by atoms with E-state index in [0.29, 0.717) is 92.3 Å². The second kappa shape index (κ2) is 30.2. The highest BCUT2D eigenvalue weighted by atomic mass is 16.6. The molecule has 0 fully saturated rings. The van der Waals surface area contributed by atoms with Crippen molar-refractivity contribution in [3.63, 3.8) is 0 Å². The number of hydrogen-bond acceptors (Lipinski definition) is 9. The molecule has 9 nitrogen and oxygen atoms in total. The van der Waals surface area contributed by atoms with Crippen LogP contribution in [0.3, 0.4) is 0 Å². The summed E-state index contributed by atoms with van der Waals surface area (Å²) in [4.78, 5) is 11.6. The van der Waals surface area contributed by atoms with E-state index in [1.807, 2.05) is 7.05 Å². The Morgan fingerprint density at radius 1 is 0.529 bits per heavy atom. The molecule has 0 bridgehead atoms. The monoisotopic (exact) mass is 493 g/mol. The Labute approximate surface area is 207 Å². The summed E-state index contributed by atoms with van der Waals surface area (Å²) in [5, 5.41) is 3.02. The van der Waals surface area contributed by atoms with E-state index in [2.05, 4.69) is 12.2 Å². The molecule has 0 aromatic rings. The van der Waals surface area contributed by atoms with Gasteiger partial charge in [-0.1, -0.05) is 45.4 Å². The highest BCUT2D eigenvalue weighted by Gasteiger charge is 2.02. The Balaban J connectivity index is 3.10. The van der Waals surface area contributed by atoms with E-state index < -0.39 is 0 Å². The molecule has 0 aromatic heterocycles. The van der Waals surface area contributed by atoms with Gasteiger partial charge in [-0.25, -0.2) is 0 Å². The molecule has 0 rings (SSSR count). The van der Waals surface area contributed by atoms with E-state index in [-0.39, 0.29) is 5.97 Å². The van der Waals surface area contributed by atoms with Crippen molar-refractivity contribution in [1.29, 1.82) is 0 Å². The van der Waals surface area contributed by atoms with Crippen molar-refractivity contribution in [3.05, 3.63) is 0 Å². The molecule has 0 saturated carbocycles. The number of rotatable bonds is 29. The zero-order valence-electron chi connectivity index (χ0n) is 21.8. The summed E-state index contributed by atoms with van der Waals surface area (Å²) in [5.41, 5.74) is 0.